The SMILES string of the molecule is CCOc1ccc(CN2N=N[C@H]3C(=O)N(c4ccc(F)cc4)C(=O)[C@H]32)cc1. The maximum absolute atomic E-state index is 13.1. The van der Waals surface area contributed by atoms with Crippen molar-refractivity contribution in [1.82, 2.24) is 5.01 Å². The zero-order chi connectivity index (χ0) is 19.0. The van der Waals surface area contributed by atoms with Crippen LogP contribution in [0, 0.1) is 5.82 Å². The van der Waals surface area contributed by atoms with Crippen LogP contribution in [0.5, 0.6) is 5.75 Å². The number of halogens is 1. The highest BCUT2D eigenvalue weighted by Crippen LogP contribution is 2.32. The van der Waals surface area contributed by atoms with Crippen LogP contribution in [0.4, 0.5) is 10.1 Å². The second kappa shape index (κ2) is 6.79. The quantitative estimate of drug-likeness (QED) is 0.761. The Bertz CT molecular complexity index is 898. The van der Waals surface area contributed by atoms with Crippen molar-refractivity contribution in [2.75, 3.05) is 11.5 Å². The molecule has 2 aromatic rings. The lowest BCUT2D eigenvalue weighted by atomic mass is 10.1. The van der Waals surface area contributed by atoms with E-state index in [1.54, 1.807) is 0 Å². The summed E-state index contributed by atoms with van der Waals surface area (Å²) in [5.74, 6) is -0.534. The Morgan fingerprint density at radius 3 is 2.41 bits per heavy atom. The van der Waals surface area contributed by atoms with Gasteiger partial charge in [-0.3, -0.25) is 14.6 Å². The molecule has 1 fully saturated rings. The monoisotopic (exact) mass is 368 g/mol. The summed E-state index contributed by atoms with van der Waals surface area (Å²) < 4.78 is 18.6. The fraction of sp³-hybridized carbons (Fsp3) is 0.263. The molecule has 0 N–H and O–H groups in total. The molecule has 0 saturated carbocycles. The molecule has 1 saturated heterocycles. The molecule has 0 bridgehead atoms. The molecule has 2 aromatic carbocycles. The third-order valence-electron chi connectivity index (χ3n) is 4.52. The standard InChI is InChI=1S/C19H17FN4O3/c1-2-27-15-9-3-12(4-10-15)11-23-17-16(21-22-23)18(25)24(19(17)26)14-7-5-13(20)6-8-14/h3-10,16-17H,2,11H2,1H3/t16-,17+/m1/s1. The van der Waals surface area contributed by atoms with Gasteiger partial charge in [0, 0.05) is 0 Å². The van der Waals surface area contributed by atoms with Crippen LogP contribution >= 0.6 is 0 Å². The number of amides is 2. The van der Waals surface area contributed by atoms with Gasteiger partial charge in [0.1, 0.15) is 11.6 Å². The average Bonchev–Trinajstić information content (AvgIpc) is 3.18. The molecule has 8 heteroatoms. The Hall–Kier alpha value is -3.29. The number of hydrogen-bond acceptors (Lipinski definition) is 6. The van der Waals surface area contributed by atoms with Crippen molar-refractivity contribution < 1.29 is 18.7 Å². The van der Waals surface area contributed by atoms with Crippen molar-refractivity contribution in [2.45, 2.75) is 25.6 Å². The lowest BCUT2D eigenvalue weighted by molar-refractivity contribution is -0.123. The van der Waals surface area contributed by atoms with Crippen molar-refractivity contribution in [2.24, 2.45) is 10.3 Å². The van der Waals surface area contributed by atoms with Gasteiger partial charge in [0.2, 0.25) is 0 Å². The summed E-state index contributed by atoms with van der Waals surface area (Å²) in [6.45, 7) is 2.83. The summed E-state index contributed by atoms with van der Waals surface area (Å²) >= 11 is 0. The Balaban J connectivity index is 1.53. The number of nitrogens with zero attached hydrogens (tertiary/aromatic N) is 4. The minimum absolute atomic E-state index is 0.331. The van der Waals surface area contributed by atoms with Crippen molar-refractivity contribution in [3.05, 3.63) is 59.9 Å². The van der Waals surface area contributed by atoms with E-state index in [1.807, 2.05) is 31.2 Å². The molecule has 138 valence electrons. The summed E-state index contributed by atoms with van der Waals surface area (Å²) in [5.41, 5.74) is 1.25. The number of carbonyl (C=O) groups is 2. The summed E-state index contributed by atoms with van der Waals surface area (Å²) in [6, 6.07) is 11.0. The number of carbonyl (C=O) groups excluding carboxylic acids is 2. The van der Waals surface area contributed by atoms with Crippen LogP contribution in [0.2, 0.25) is 0 Å². The molecule has 7 nitrogen and oxygen atoms in total. The Kier molecular flexibility index (Phi) is 4.31. The number of hydrogen-bond donors (Lipinski definition) is 0. The largest absolute Gasteiger partial charge is 0.494 e. The number of fused-ring (bicyclic) bond motifs is 1. The van der Waals surface area contributed by atoms with E-state index in [4.69, 9.17) is 4.74 Å². The third-order valence-corrected chi connectivity index (χ3v) is 4.52. The fourth-order valence-corrected chi connectivity index (χ4v) is 3.24. The molecule has 0 aromatic heterocycles. The first-order valence-corrected chi connectivity index (χ1v) is 8.61. The number of ether oxygens (including phenoxy) is 1. The third kappa shape index (κ3) is 3.03. The highest BCUT2D eigenvalue weighted by Gasteiger charge is 2.54. The van der Waals surface area contributed by atoms with Crippen LogP contribution in [0.3, 0.4) is 0 Å². The normalized spacial score (nSPS) is 21.1. The van der Waals surface area contributed by atoms with Gasteiger partial charge in [-0.15, -0.1) is 0 Å². The van der Waals surface area contributed by atoms with E-state index >= 15 is 0 Å². The predicted molar refractivity (Wildman–Crippen MR) is 94.5 cm³/mol. The van der Waals surface area contributed by atoms with Gasteiger partial charge in [-0.2, -0.15) is 5.11 Å². The lowest BCUT2D eigenvalue weighted by Gasteiger charge is -2.20. The molecule has 2 aliphatic rings. The Morgan fingerprint density at radius 1 is 1.04 bits per heavy atom. The molecule has 2 atom stereocenters. The van der Waals surface area contributed by atoms with E-state index in [1.165, 1.54) is 29.3 Å². The zero-order valence-electron chi connectivity index (χ0n) is 14.6. The maximum atomic E-state index is 13.1. The van der Waals surface area contributed by atoms with Crippen LogP contribution in [0.1, 0.15) is 12.5 Å². The second-order valence-electron chi connectivity index (χ2n) is 6.26. The number of anilines is 1. The van der Waals surface area contributed by atoms with E-state index < -0.39 is 29.7 Å². The van der Waals surface area contributed by atoms with Crippen LogP contribution in [0.25, 0.3) is 0 Å². The first kappa shape index (κ1) is 17.1. The first-order chi connectivity index (χ1) is 13.1. The van der Waals surface area contributed by atoms with Gasteiger partial charge in [0.05, 0.1) is 18.8 Å². The molecule has 2 aliphatic heterocycles. The smallest absolute Gasteiger partial charge is 0.263 e. The summed E-state index contributed by atoms with van der Waals surface area (Å²) in [5, 5.41) is 9.52. The molecule has 27 heavy (non-hydrogen) atoms. The summed E-state index contributed by atoms with van der Waals surface area (Å²) in [4.78, 5) is 26.5. The Labute approximate surface area is 155 Å². The van der Waals surface area contributed by atoms with Gasteiger partial charge in [-0.1, -0.05) is 17.4 Å². The van der Waals surface area contributed by atoms with Gasteiger partial charge >= 0.3 is 0 Å². The fourth-order valence-electron chi connectivity index (χ4n) is 3.24. The highest BCUT2D eigenvalue weighted by molar-refractivity contribution is 6.25. The molecular weight excluding hydrogens is 351 g/mol. The maximum Gasteiger partial charge on any atom is 0.263 e. The predicted octanol–water partition coefficient (Wildman–Crippen LogP) is 2.72. The minimum Gasteiger partial charge on any atom is -0.494 e. The van der Waals surface area contributed by atoms with Crippen molar-refractivity contribution >= 4 is 17.5 Å². The lowest BCUT2D eigenvalue weighted by Crippen LogP contribution is -2.39. The molecular formula is C19H17FN4O3. The van der Waals surface area contributed by atoms with E-state index in [9.17, 15) is 14.0 Å². The van der Waals surface area contributed by atoms with Crippen LogP contribution in [-0.4, -0.2) is 35.5 Å². The topological polar surface area (TPSA) is 74.6 Å². The molecule has 4 rings (SSSR count). The second-order valence-corrected chi connectivity index (χ2v) is 6.26. The molecule has 0 radical (unpaired) electrons. The van der Waals surface area contributed by atoms with E-state index in [0.717, 1.165) is 16.2 Å². The average molecular weight is 368 g/mol. The summed E-state index contributed by atoms with van der Waals surface area (Å²) in [7, 11) is 0. The number of benzene rings is 2. The van der Waals surface area contributed by atoms with Crippen molar-refractivity contribution in [1.29, 1.82) is 0 Å². The minimum atomic E-state index is -0.870. The van der Waals surface area contributed by atoms with Crippen LogP contribution in [0.15, 0.2) is 58.9 Å². The zero-order valence-corrected chi connectivity index (χ0v) is 14.6. The first-order valence-electron chi connectivity index (χ1n) is 8.61. The molecule has 0 aliphatic carbocycles. The van der Waals surface area contributed by atoms with Crippen LogP contribution in [-0.2, 0) is 16.1 Å². The molecule has 0 spiro atoms. The van der Waals surface area contributed by atoms with Crippen molar-refractivity contribution in [3.63, 3.8) is 0 Å². The van der Waals surface area contributed by atoms with Gasteiger partial charge in [0.25, 0.3) is 11.8 Å². The van der Waals surface area contributed by atoms with Crippen molar-refractivity contribution in [3.8, 4) is 5.75 Å². The molecule has 0 unspecified atom stereocenters. The van der Waals surface area contributed by atoms with E-state index in [0.29, 0.717) is 18.8 Å². The van der Waals surface area contributed by atoms with Gasteiger partial charge < -0.3 is 4.74 Å². The van der Waals surface area contributed by atoms with Crippen LogP contribution < -0.4 is 9.64 Å². The Morgan fingerprint density at radius 2 is 1.74 bits per heavy atom. The molecule has 2 heterocycles. The highest BCUT2D eigenvalue weighted by atomic mass is 19.1. The summed E-state index contributed by atoms with van der Waals surface area (Å²) in [6.07, 6.45) is 0. The van der Waals surface area contributed by atoms with Gasteiger partial charge in [-0.25, -0.2) is 9.29 Å². The molecule has 2 amide bonds. The van der Waals surface area contributed by atoms with E-state index in [-0.39, 0.29) is 0 Å². The number of rotatable bonds is 5. The van der Waals surface area contributed by atoms with Gasteiger partial charge in [-0.05, 0) is 48.9 Å². The van der Waals surface area contributed by atoms with E-state index in [2.05, 4.69) is 10.3 Å². The number of imide groups is 1. The van der Waals surface area contributed by atoms with Gasteiger partial charge in [0.15, 0.2) is 12.1 Å².